The van der Waals surface area contributed by atoms with E-state index in [1.54, 1.807) is 36.4 Å². The van der Waals surface area contributed by atoms with Crippen LogP contribution in [0.4, 0.5) is 0 Å². The van der Waals surface area contributed by atoms with Crippen LogP contribution in [0.3, 0.4) is 0 Å². The molecule has 2 atom stereocenters. The van der Waals surface area contributed by atoms with Crippen molar-refractivity contribution in [2.45, 2.75) is 18.6 Å². The summed E-state index contributed by atoms with van der Waals surface area (Å²) < 4.78 is 5.87. The van der Waals surface area contributed by atoms with Crippen molar-refractivity contribution >= 4 is 11.6 Å². The molecule has 0 saturated heterocycles. The number of aliphatic hydroxyl groups is 1. The Kier molecular flexibility index (Phi) is 3.09. The van der Waals surface area contributed by atoms with Gasteiger partial charge in [0.1, 0.15) is 17.6 Å². The standard InChI is InChI=1S/C15H13ClO3/c16-10-4-5-14-12(7-10)13(18)8-15(19-14)9-2-1-3-11(17)6-9/h1-7,13,15,17-18H,8H2. The van der Waals surface area contributed by atoms with E-state index >= 15 is 0 Å². The van der Waals surface area contributed by atoms with Gasteiger partial charge in [-0.05, 0) is 35.9 Å². The summed E-state index contributed by atoms with van der Waals surface area (Å²) in [7, 11) is 0. The van der Waals surface area contributed by atoms with Gasteiger partial charge in [0.05, 0.1) is 6.10 Å². The highest BCUT2D eigenvalue weighted by Gasteiger charge is 2.28. The van der Waals surface area contributed by atoms with E-state index in [2.05, 4.69) is 0 Å². The number of phenols is 1. The lowest BCUT2D eigenvalue weighted by atomic mass is 9.95. The van der Waals surface area contributed by atoms with Gasteiger partial charge < -0.3 is 14.9 Å². The van der Waals surface area contributed by atoms with Gasteiger partial charge in [0.2, 0.25) is 0 Å². The topological polar surface area (TPSA) is 49.7 Å². The number of halogens is 1. The van der Waals surface area contributed by atoms with Gasteiger partial charge in [-0.25, -0.2) is 0 Å². The number of aliphatic hydroxyl groups excluding tert-OH is 1. The van der Waals surface area contributed by atoms with Crippen molar-refractivity contribution in [3.05, 3.63) is 58.6 Å². The maximum absolute atomic E-state index is 10.2. The number of aromatic hydroxyl groups is 1. The van der Waals surface area contributed by atoms with Crippen LogP contribution in [-0.4, -0.2) is 10.2 Å². The van der Waals surface area contributed by atoms with Crippen molar-refractivity contribution in [2.75, 3.05) is 0 Å². The number of hydrogen-bond donors (Lipinski definition) is 2. The predicted molar refractivity (Wildman–Crippen MR) is 72.5 cm³/mol. The summed E-state index contributed by atoms with van der Waals surface area (Å²) in [4.78, 5) is 0. The highest BCUT2D eigenvalue weighted by atomic mass is 35.5. The third kappa shape index (κ3) is 2.39. The van der Waals surface area contributed by atoms with Gasteiger partial charge in [-0.15, -0.1) is 0 Å². The van der Waals surface area contributed by atoms with Crippen molar-refractivity contribution in [3.63, 3.8) is 0 Å². The molecule has 1 heterocycles. The fraction of sp³-hybridized carbons (Fsp3) is 0.200. The third-order valence-corrected chi connectivity index (χ3v) is 3.51. The largest absolute Gasteiger partial charge is 0.508 e. The summed E-state index contributed by atoms with van der Waals surface area (Å²) in [6.45, 7) is 0. The van der Waals surface area contributed by atoms with Crippen molar-refractivity contribution < 1.29 is 14.9 Å². The molecule has 0 spiro atoms. The Balaban J connectivity index is 1.95. The van der Waals surface area contributed by atoms with Crippen molar-refractivity contribution in [1.82, 2.24) is 0 Å². The van der Waals surface area contributed by atoms with Gasteiger partial charge in [0, 0.05) is 17.0 Å². The molecule has 2 aromatic rings. The number of benzene rings is 2. The molecule has 0 amide bonds. The zero-order chi connectivity index (χ0) is 13.4. The zero-order valence-electron chi connectivity index (χ0n) is 10.1. The Morgan fingerprint density at radius 3 is 2.79 bits per heavy atom. The van der Waals surface area contributed by atoms with E-state index in [1.807, 2.05) is 6.07 Å². The highest BCUT2D eigenvalue weighted by molar-refractivity contribution is 6.30. The fourth-order valence-electron chi connectivity index (χ4n) is 2.35. The molecular formula is C15H13ClO3. The van der Waals surface area contributed by atoms with E-state index in [4.69, 9.17) is 16.3 Å². The Hall–Kier alpha value is -1.71. The monoisotopic (exact) mass is 276 g/mol. The molecule has 1 aliphatic rings. The molecular weight excluding hydrogens is 264 g/mol. The van der Waals surface area contributed by atoms with E-state index in [-0.39, 0.29) is 11.9 Å². The summed E-state index contributed by atoms with van der Waals surface area (Å²) in [5.41, 5.74) is 1.56. The van der Waals surface area contributed by atoms with Crippen LogP contribution >= 0.6 is 11.6 Å². The van der Waals surface area contributed by atoms with Crippen LogP contribution in [0.5, 0.6) is 11.5 Å². The van der Waals surface area contributed by atoms with Crippen molar-refractivity contribution in [3.8, 4) is 11.5 Å². The second-order valence-electron chi connectivity index (χ2n) is 4.64. The molecule has 1 aliphatic heterocycles. The lowest BCUT2D eigenvalue weighted by Crippen LogP contribution is -2.18. The molecule has 0 aliphatic carbocycles. The Morgan fingerprint density at radius 1 is 1.16 bits per heavy atom. The summed E-state index contributed by atoms with van der Waals surface area (Å²) in [5, 5.41) is 20.3. The Bertz CT molecular complexity index is 612. The lowest BCUT2D eigenvalue weighted by Gasteiger charge is -2.30. The average molecular weight is 277 g/mol. The lowest BCUT2D eigenvalue weighted by molar-refractivity contribution is 0.0656. The van der Waals surface area contributed by atoms with Gasteiger partial charge in [0.15, 0.2) is 0 Å². The summed E-state index contributed by atoms with van der Waals surface area (Å²) in [5.74, 6) is 0.828. The quantitative estimate of drug-likeness (QED) is 0.837. The number of fused-ring (bicyclic) bond motifs is 1. The second-order valence-corrected chi connectivity index (χ2v) is 5.07. The van der Waals surface area contributed by atoms with E-state index in [0.717, 1.165) is 5.56 Å². The molecule has 0 bridgehead atoms. The maximum Gasteiger partial charge on any atom is 0.127 e. The minimum Gasteiger partial charge on any atom is -0.508 e. The smallest absolute Gasteiger partial charge is 0.127 e. The normalized spacial score (nSPS) is 21.6. The molecule has 0 aromatic heterocycles. The first-order valence-corrected chi connectivity index (χ1v) is 6.44. The van der Waals surface area contributed by atoms with E-state index < -0.39 is 6.10 Å². The Labute approximate surface area is 116 Å². The van der Waals surface area contributed by atoms with Crippen LogP contribution in [-0.2, 0) is 0 Å². The molecule has 2 aromatic carbocycles. The number of hydrogen-bond acceptors (Lipinski definition) is 3. The first-order chi connectivity index (χ1) is 9.13. The van der Waals surface area contributed by atoms with Crippen LogP contribution in [0.15, 0.2) is 42.5 Å². The molecule has 0 saturated carbocycles. The second kappa shape index (κ2) is 4.76. The van der Waals surface area contributed by atoms with Crippen LogP contribution in [0.1, 0.15) is 29.8 Å². The SMILES string of the molecule is Oc1cccc(C2CC(O)c3cc(Cl)ccc3O2)c1. The third-order valence-electron chi connectivity index (χ3n) is 3.28. The average Bonchev–Trinajstić information content (AvgIpc) is 2.39. The highest BCUT2D eigenvalue weighted by Crippen LogP contribution is 2.42. The molecule has 19 heavy (non-hydrogen) atoms. The van der Waals surface area contributed by atoms with Crippen LogP contribution in [0.2, 0.25) is 5.02 Å². The maximum atomic E-state index is 10.2. The van der Waals surface area contributed by atoms with Gasteiger partial charge in [-0.3, -0.25) is 0 Å². The molecule has 0 radical (unpaired) electrons. The van der Waals surface area contributed by atoms with Gasteiger partial charge >= 0.3 is 0 Å². The molecule has 3 rings (SSSR count). The van der Waals surface area contributed by atoms with Crippen molar-refractivity contribution in [1.29, 1.82) is 0 Å². The predicted octanol–water partition coefficient (Wildman–Crippen LogP) is 3.60. The minimum atomic E-state index is -0.616. The van der Waals surface area contributed by atoms with Crippen LogP contribution in [0.25, 0.3) is 0 Å². The number of ether oxygens (including phenoxy) is 1. The molecule has 3 nitrogen and oxygen atoms in total. The Morgan fingerprint density at radius 2 is 2.00 bits per heavy atom. The van der Waals surface area contributed by atoms with Gasteiger partial charge in [-0.1, -0.05) is 23.7 Å². The zero-order valence-corrected chi connectivity index (χ0v) is 10.8. The van der Waals surface area contributed by atoms with Crippen LogP contribution in [0, 0.1) is 0 Å². The summed E-state index contributed by atoms with van der Waals surface area (Å²) in [6.07, 6.45) is -0.442. The van der Waals surface area contributed by atoms with Gasteiger partial charge in [-0.2, -0.15) is 0 Å². The molecule has 98 valence electrons. The number of phenolic OH excluding ortho intramolecular Hbond substituents is 1. The minimum absolute atomic E-state index is 0.192. The first-order valence-electron chi connectivity index (χ1n) is 6.06. The van der Waals surface area contributed by atoms with E-state index in [1.165, 1.54) is 0 Å². The van der Waals surface area contributed by atoms with Crippen LogP contribution < -0.4 is 4.74 Å². The molecule has 2 unspecified atom stereocenters. The molecule has 2 N–H and O–H groups in total. The summed E-state index contributed by atoms with van der Waals surface area (Å²) >= 11 is 5.92. The van der Waals surface area contributed by atoms with E-state index in [9.17, 15) is 10.2 Å². The molecule has 4 heteroatoms. The van der Waals surface area contributed by atoms with Gasteiger partial charge in [0.25, 0.3) is 0 Å². The summed E-state index contributed by atoms with van der Waals surface area (Å²) in [6, 6.07) is 12.1. The fourth-order valence-corrected chi connectivity index (χ4v) is 2.53. The number of rotatable bonds is 1. The molecule has 0 fully saturated rings. The van der Waals surface area contributed by atoms with Crippen molar-refractivity contribution in [2.24, 2.45) is 0 Å². The van der Waals surface area contributed by atoms with E-state index in [0.29, 0.717) is 22.8 Å². The first kappa shape index (κ1) is 12.3.